The molecule has 3 heteroatoms. The molecule has 3 aromatic rings. The predicted octanol–water partition coefficient (Wildman–Crippen LogP) is 3.21. The summed E-state index contributed by atoms with van der Waals surface area (Å²) in [5.41, 5.74) is 3.99. The van der Waals surface area contributed by atoms with Gasteiger partial charge < -0.3 is 4.57 Å². The number of rotatable bonds is 3. The highest BCUT2D eigenvalue weighted by molar-refractivity contribution is 5.99. The number of aromatic nitrogens is 2. The minimum Gasteiger partial charge on any atom is -0.340 e. The van der Waals surface area contributed by atoms with E-state index in [0.29, 0.717) is 0 Å². The summed E-state index contributed by atoms with van der Waals surface area (Å²) < 4.78 is 2.16. The van der Waals surface area contributed by atoms with Gasteiger partial charge in [0.1, 0.15) is 0 Å². The van der Waals surface area contributed by atoms with Crippen LogP contribution in [0, 0.1) is 6.92 Å². The van der Waals surface area contributed by atoms with E-state index in [0.717, 1.165) is 40.6 Å². The molecule has 3 rings (SSSR count). The van der Waals surface area contributed by atoms with Crippen LogP contribution in [-0.4, -0.2) is 15.8 Å². The number of pyridine rings is 1. The molecule has 1 aromatic carbocycles. The molecule has 0 radical (unpaired) electrons. The maximum Gasteiger partial charge on any atom is 0.152 e. The van der Waals surface area contributed by atoms with E-state index in [9.17, 15) is 4.79 Å². The first kappa shape index (κ1) is 11.7. The van der Waals surface area contributed by atoms with Crippen molar-refractivity contribution in [1.29, 1.82) is 0 Å². The Morgan fingerprint density at radius 3 is 2.79 bits per heavy atom. The number of aldehydes is 1. The van der Waals surface area contributed by atoms with E-state index in [4.69, 9.17) is 0 Å². The zero-order valence-corrected chi connectivity index (χ0v) is 10.7. The highest BCUT2D eigenvalue weighted by Gasteiger charge is 2.12. The van der Waals surface area contributed by atoms with Crippen molar-refractivity contribution in [3.05, 3.63) is 65.6 Å². The van der Waals surface area contributed by atoms with Gasteiger partial charge in [-0.2, -0.15) is 0 Å². The minimum absolute atomic E-state index is 0.730. The number of carbonyl (C=O) groups excluding carboxylic acids is 1. The summed E-state index contributed by atoms with van der Waals surface area (Å²) in [6, 6.07) is 12.0. The SMILES string of the molecule is Cc1c(C=O)c2ccccc2n1Cc1cccnc1. The summed E-state index contributed by atoms with van der Waals surface area (Å²) in [5.74, 6) is 0. The summed E-state index contributed by atoms with van der Waals surface area (Å²) in [5, 5.41) is 1.01. The number of hydrogen-bond donors (Lipinski definition) is 0. The van der Waals surface area contributed by atoms with Gasteiger partial charge in [-0.1, -0.05) is 24.3 Å². The second kappa shape index (κ2) is 4.69. The number of hydrogen-bond acceptors (Lipinski definition) is 2. The van der Waals surface area contributed by atoms with Crippen molar-refractivity contribution in [3.8, 4) is 0 Å². The molecule has 0 bridgehead atoms. The average molecular weight is 250 g/mol. The van der Waals surface area contributed by atoms with E-state index >= 15 is 0 Å². The Kier molecular flexibility index (Phi) is 2.88. The van der Waals surface area contributed by atoms with Gasteiger partial charge in [-0.3, -0.25) is 9.78 Å². The van der Waals surface area contributed by atoms with Crippen LogP contribution in [0.5, 0.6) is 0 Å². The lowest BCUT2D eigenvalue weighted by atomic mass is 10.1. The largest absolute Gasteiger partial charge is 0.340 e. The van der Waals surface area contributed by atoms with Gasteiger partial charge >= 0.3 is 0 Å². The van der Waals surface area contributed by atoms with Crippen LogP contribution in [0.15, 0.2) is 48.8 Å². The molecule has 0 N–H and O–H groups in total. The molecule has 0 unspecified atom stereocenters. The molecule has 19 heavy (non-hydrogen) atoms. The molecule has 2 heterocycles. The van der Waals surface area contributed by atoms with Gasteiger partial charge in [0, 0.05) is 41.1 Å². The lowest BCUT2D eigenvalue weighted by molar-refractivity contribution is 0.112. The Morgan fingerprint density at radius 2 is 2.05 bits per heavy atom. The van der Waals surface area contributed by atoms with Gasteiger partial charge in [0.25, 0.3) is 0 Å². The van der Waals surface area contributed by atoms with Crippen LogP contribution in [0.1, 0.15) is 21.6 Å². The first-order valence-corrected chi connectivity index (χ1v) is 6.23. The van der Waals surface area contributed by atoms with E-state index in [2.05, 4.69) is 9.55 Å². The molecule has 0 atom stereocenters. The van der Waals surface area contributed by atoms with Gasteiger partial charge in [-0.25, -0.2) is 0 Å². The molecule has 0 aliphatic heterocycles. The molecule has 0 aliphatic rings. The molecule has 0 amide bonds. The molecular weight excluding hydrogens is 236 g/mol. The highest BCUT2D eigenvalue weighted by atomic mass is 16.1. The molecule has 0 aliphatic carbocycles. The van der Waals surface area contributed by atoms with E-state index < -0.39 is 0 Å². The smallest absolute Gasteiger partial charge is 0.152 e. The maximum atomic E-state index is 11.3. The molecule has 0 saturated heterocycles. The van der Waals surface area contributed by atoms with Crippen molar-refractivity contribution in [2.24, 2.45) is 0 Å². The predicted molar refractivity (Wildman–Crippen MR) is 75.4 cm³/mol. The quantitative estimate of drug-likeness (QED) is 0.669. The van der Waals surface area contributed by atoms with Crippen LogP contribution in [0.3, 0.4) is 0 Å². The first-order chi connectivity index (χ1) is 9.31. The summed E-state index contributed by atoms with van der Waals surface area (Å²) in [7, 11) is 0. The lowest BCUT2D eigenvalue weighted by Crippen LogP contribution is -2.02. The van der Waals surface area contributed by atoms with Gasteiger partial charge in [-0.15, -0.1) is 0 Å². The third-order valence-corrected chi connectivity index (χ3v) is 3.46. The van der Waals surface area contributed by atoms with Crippen LogP contribution in [0.25, 0.3) is 10.9 Å². The van der Waals surface area contributed by atoms with Crippen molar-refractivity contribution in [2.45, 2.75) is 13.5 Å². The Bertz CT molecular complexity index is 729. The fourth-order valence-corrected chi connectivity index (χ4v) is 2.48. The minimum atomic E-state index is 0.730. The van der Waals surface area contributed by atoms with Crippen LogP contribution >= 0.6 is 0 Å². The second-order valence-corrected chi connectivity index (χ2v) is 4.58. The van der Waals surface area contributed by atoms with Gasteiger partial charge in [0.2, 0.25) is 0 Å². The Morgan fingerprint density at radius 1 is 1.21 bits per heavy atom. The molecule has 3 nitrogen and oxygen atoms in total. The summed E-state index contributed by atoms with van der Waals surface area (Å²) in [6.45, 7) is 2.72. The van der Waals surface area contributed by atoms with Crippen molar-refractivity contribution in [3.63, 3.8) is 0 Å². The number of carbonyl (C=O) groups is 1. The number of benzene rings is 1. The fourth-order valence-electron chi connectivity index (χ4n) is 2.48. The Balaban J connectivity index is 2.18. The van der Waals surface area contributed by atoms with Crippen LogP contribution < -0.4 is 0 Å². The highest BCUT2D eigenvalue weighted by Crippen LogP contribution is 2.25. The number of para-hydroxylation sites is 1. The normalized spacial score (nSPS) is 10.8. The maximum absolute atomic E-state index is 11.3. The fraction of sp³-hybridized carbons (Fsp3) is 0.125. The van der Waals surface area contributed by atoms with Gasteiger partial charge in [0.05, 0.1) is 0 Å². The summed E-state index contributed by atoms with van der Waals surface area (Å²) in [4.78, 5) is 15.4. The number of fused-ring (bicyclic) bond motifs is 1. The average Bonchev–Trinajstić information content (AvgIpc) is 2.73. The van der Waals surface area contributed by atoms with Crippen LogP contribution in [-0.2, 0) is 6.54 Å². The van der Waals surface area contributed by atoms with Crippen LogP contribution in [0.4, 0.5) is 0 Å². The second-order valence-electron chi connectivity index (χ2n) is 4.58. The zero-order chi connectivity index (χ0) is 13.2. The monoisotopic (exact) mass is 250 g/mol. The number of nitrogens with zero attached hydrogens (tertiary/aromatic N) is 2. The third kappa shape index (κ3) is 1.93. The summed E-state index contributed by atoms with van der Waals surface area (Å²) >= 11 is 0. The zero-order valence-electron chi connectivity index (χ0n) is 10.7. The molecular formula is C16H14N2O. The standard InChI is InChI=1S/C16H14N2O/c1-12-15(11-19)14-6-2-3-7-16(14)18(12)10-13-5-4-8-17-9-13/h2-9,11H,10H2,1H3. The molecule has 2 aromatic heterocycles. The van der Waals surface area contributed by atoms with Gasteiger partial charge in [-0.05, 0) is 24.6 Å². The molecule has 94 valence electrons. The lowest BCUT2D eigenvalue weighted by Gasteiger charge is -2.08. The molecule has 0 fully saturated rings. The molecule has 0 spiro atoms. The summed E-state index contributed by atoms with van der Waals surface area (Å²) in [6.07, 6.45) is 4.56. The third-order valence-electron chi connectivity index (χ3n) is 3.46. The molecule has 0 saturated carbocycles. The van der Waals surface area contributed by atoms with Crippen LogP contribution in [0.2, 0.25) is 0 Å². The first-order valence-electron chi connectivity index (χ1n) is 6.23. The Labute approximate surface area is 111 Å². The van der Waals surface area contributed by atoms with Gasteiger partial charge in [0.15, 0.2) is 6.29 Å². The van der Waals surface area contributed by atoms with E-state index in [-0.39, 0.29) is 0 Å². The van der Waals surface area contributed by atoms with E-state index in [1.165, 1.54) is 0 Å². The van der Waals surface area contributed by atoms with Crippen molar-refractivity contribution < 1.29 is 4.79 Å². The Hall–Kier alpha value is -2.42. The topological polar surface area (TPSA) is 34.9 Å². The van der Waals surface area contributed by atoms with Crippen molar-refractivity contribution in [1.82, 2.24) is 9.55 Å². The van der Waals surface area contributed by atoms with E-state index in [1.807, 2.05) is 49.5 Å². The van der Waals surface area contributed by atoms with Crippen molar-refractivity contribution in [2.75, 3.05) is 0 Å². The van der Waals surface area contributed by atoms with Crippen molar-refractivity contribution >= 4 is 17.2 Å². The van der Waals surface area contributed by atoms with E-state index in [1.54, 1.807) is 6.20 Å².